The van der Waals surface area contributed by atoms with Crippen LogP contribution in [0.2, 0.25) is 0 Å². The molecule has 1 amide bonds. The molecule has 1 aliphatic heterocycles. The molecule has 1 saturated heterocycles. The first kappa shape index (κ1) is 15.7. The molecule has 1 aliphatic rings. The van der Waals surface area contributed by atoms with Crippen LogP contribution in [0.5, 0.6) is 0 Å². The quantitative estimate of drug-likeness (QED) is 0.860. The number of carbonyl (C=O) groups is 1. The summed E-state index contributed by atoms with van der Waals surface area (Å²) in [4.78, 5) is 18.1. The first-order chi connectivity index (χ1) is 9.91. The lowest BCUT2D eigenvalue weighted by Crippen LogP contribution is -2.50. The van der Waals surface area contributed by atoms with Gasteiger partial charge in [-0.25, -0.2) is 8.42 Å². The van der Waals surface area contributed by atoms with Gasteiger partial charge in [-0.05, 0) is 19.1 Å². The second kappa shape index (κ2) is 6.40. The smallest absolute Gasteiger partial charge is 0.272 e. The number of rotatable bonds is 4. The van der Waals surface area contributed by atoms with E-state index in [1.165, 1.54) is 10.6 Å². The van der Waals surface area contributed by atoms with Crippen LogP contribution in [0.3, 0.4) is 0 Å². The highest BCUT2D eigenvalue weighted by atomic mass is 32.2. The van der Waals surface area contributed by atoms with Crippen molar-refractivity contribution < 1.29 is 13.2 Å². The molecule has 8 heteroatoms. The minimum atomic E-state index is -3.18. The van der Waals surface area contributed by atoms with Gasteiger partial charge in [-0.1, -0.05) is 0 Å². The zero-order valence-electron chi connectivity index (χ0n) is 12.2. The van der Waals surface area contributed by atoms with Crippen molar-refractivity contribution in [3.63, 3.8) is 0 Å². The fourth-order valence-electron chi connectivity index (χ4n) is 2.25. The highest BCUT2D eigenvalue weighted by Crippen LogP contribution is 2.12. The van der Waals surface area contributed by atoms with Gasteiger partial charge in [-0.3, -0.25) is 9.78 Å². The Morgan fingerprint density at radius 2 is 2.00 bits per heavy atom. The molecule has 0 spiro atoms. The Morgan fingerprint density at radius 3 is 2.57 bits per heavy atom. The van der Waals surface area contributed by atoms with Gasteiger partial charge in [0.1, 0.15) is 5.69 Å². The molecule has 1 N–H and O–H groups in total. The standard InChI is InChI=1S/C13H20N4O3S/c1-3-14-11-4-5-15-12(10-11)13(18)16-6-8-17(9-7-16)21(2,19)20/h4-5,10H,3,6-9H2,1-2H3,(H,14,15). The molecule has 0 atom stereocenters. The lowest BCUT2D eigenvalue weighted by Gasteiger charge is -2.33. The third-order valence-electron chi connectivity index (χ3n) is 3.35. The van der Waals surface area contributed by atoms with Crippen LogP contribution >= 0.6 is 0 Å². The number of piperazine rings is 1. The van der Waals surface area contributed by atoms with E-state index in [0.29, 0.717) is 31.9 Å². The first-order valence-corrected chi connectivity index (χ1v) is 8.71. The van der Waals surface area contributed by atoms with E-state index in [1.54, 1.807) is 17.2 Å². The Bertz CT molecular complexity index is 610. The number of anilines is 1. The van der Waals surface area contributed by atoms with Crippen LogP contribution in [-0.4, -0.2) is 67.5 Å². The van der Waals surface area contributed by atoms with Crippen LogP contribution in [-0.2, 0) is 10.0 Å². The number of hydrogen-bond acceptors (Lipinski definition) is 5. The Hall–Kier alpha value is -1.67. The van der Waals surface area contributed by atoms with Crippen molar-refractivity contribution in [2.24, 2.45) is 0 Å². The van der Waals surface area contributed by atoms with Crippen molar-refractivity contribution in [2.45, 2.75) is 6.92 Å². The fraction of sp³-hybridized carbons (Fsp3) is 0.538. The zero-order chi connectivity index (χ0) is 15.5. The lowest BCUT2D eigenvalue weighted by molar-refractivity contribution is 0.0692. The number of pyridine rings is 1. The van der Waals surface area contributed by atoms with Crippen LogP contribution < -0.4 is 5.32 Å². The summed E-state index contributed by atoms with van der Waals surface area (Å²) >= 11 is 0. The molecule has 0 aliphatic carbocycles. The van der Waals surface area contributed by atoms with E-state index < -0.39 is 10.0 Å². The normalized spacial score (nSPS) is 16.8. The molecule has 0 unspecified atom stereocenters. The van der Waals surface area contributed by atoms with Crippen LogP contribution in [0.15, 0.2) is 18.3 Å². The maximum Gasteiger partial charge on any atom is 0.272 e. The Kier molecular flexibility index (Phi) is 4.79. The van der Waals surface area contributed by atoms with Gasteiger partial charge >= 0.3 is 0 Å². The number of nitrogens with zero attached hydrogens (tertiary/aromatic N) is 3. The minimum Gasteiger partial charge on any atom is -0.385 e. The van der Waals surface area contributed by atoms with Crippen LogP contribution in [0, 0.1) is 0 Å². The molecule has 2 heterocycles. The fourth-order valence-corrected chi connectivity index (χ4v) is 3.07. The van der Waals surface area contributed by atoms with E-state index >= 15 is 0 Å². The van der Waals surface area contributed by atoms with Crippen molar-refractivity contribution in [2.75, 3.05) is 44.3 Å². The van der Waals surface area contributed by atoms with Gasteiger partial charge in [0.25, 0.3) is 5.91 Å². The number of aromatic nitrogens is 1. The molecule has 1 aromatic heterocycles. The van der Waals surface area contributed by atoms with Gasteiger partial charge in [0.2, 0.25) is 10.0 Å². The summed E-state index contributed by atoms with van der Waals surface area (Å²) in [6, 6.07) is 3.52. The van der Waals surface area contributed by atoms with Crippen LogP contribution in [0.4, 0.5) is 5.69 Å². The Balaban J connectivity index is 2.03. The monoisotopic (exact) mass is 312 g/mol. The molecule has 0 aromatic carbocycles. The van der Waals surface area contributed by atoms with E-state index in [1.807, 2.05) is 13.0 Å². The third kappa shape index (κ3) is 3.92. The summed E-state index contributed by atoms with van der Waals surface area (Å²) in [6.45, 7) is 4.18. The third-order valence-corrected chi connectivity index (χ3v) is 4.66. The molecular formula is C13H20N4O3S. The van der Waals surface area contributed by atoms with E-state index in [2.05, 4.69) is 10.3 Å². The second-order valence-corrected chi connectivity index (χ2v) is 6.90. The summed E-state index contributed by atoms with van der Waals surface area (Å²) in [5.41, 5.74) is 1.23. The molecular weight excluding hydrogens is 292 g/mol. The molecule has 21 heavy (non-hydrogen) atoms. The van der Waals surface area contributed by atoms with E-state index in [-0.39, 0.29) is 5.91 Å². The van der Waals surface area contributed by atoms with Gasteiger partial charge in [0.15, 0.2) is 0 Å². The summed E-state index contributed by atoms with van der Waals surface area (Å²) < 4.78 is 24.3. The Labute approximate surface area is 125 Å². The number of carbonyl (C=O) groups excluding carboxylic acids is 1. The van der Waals surface area contributed by atoms with Crippen molar-refractivity contribution in [1.82, 2.24) is 14.2 Å². The Morgan fingerprint density at radius 1 is 1.33 bits per heavy atom. The summed E-state index contributed by atoms with van der Waals surface area (Å²) in [5, 5.41) is 3.13. The van der Waals surface area contributed by atoms with Crippen LogP contribution in [0.1, 0.15) is 17.4 Å². The summed E-state index contributed by atoms with van der Waals surface area (Å²) in [6.07, 6.45) is 2.78. The highest BCUT2D eigenvalue weighted by molar-refractivity contribution is 7.88. The molecule has 0 bridgehead atoms. The number of amides is 1. The molecule has 2 rings (SSSR count). The van der Waals surface area contributed by atoms with Crippen LogP contribution in [0.25, 0.3) is 0 Å². The number of nitrogens with one attached hydrogen (secondary N) is 1. The molecule has 0 radical (unpaired) electrons. The summed E-state index contributed by atoms with van der Waals surface area (Å²) in [5.74, 6) is -0.164. The number of hydrogen-bond donors (Lipinski definition) is 1. The maximum atomic E-state index is 12.4. The average molecular weight is 312 g/mol. The first-order valence-electron chi connectivity index (χ1n) is 6.86. The average Bonchev–Trinajstić information content (AvgIpc) is 2.46. The SMILES string of the molecule is CCNc1ccnc(C(=O)N2CCN(S(C)(=O)=O)CC2)c1. The van der Waals surface area contributed by atoms with Crippen molar-refractivity contribution >= 4 is 21.6 Å². The maximum absolute atomic E-state index is 12.4. The summed E-state index contributed by atoms with van der Waals surface area (Å²) in [7, 11) is -3.18. The molecule has 116 valence electrons. The minimum absolute atomic E-state index is 0.164. The van der Waals surface area contributed by atoms with Crippen molar-refractivity contribution in [1.29, 1.82) is 0 Å². The van der Waals surface area contributed by atoms with Crippen molar-refractivity contribution in [3.05, 3.63) is 24.0 Å². The molecule has 0 saturated carbocycles. The second-order valence-electron chi connectivity index (χ2n) is 4.91. The van der Waals surface area contributed by atoms with Gasteiger partial charge in [0.05, 0.1) is 6.26 Å². The van der Waals surface area contributed by atoms with Gasteiger partial charge < -0.3 is 10.2 Å². The lowest BCUT2D eigenvalue weighted by atomic mass is 10.2. The van der Waals surface area contributed by atoms with Gasteiger partial charge in [-0.2, -0.15) is 4.31 Å². The predicted molar refractivity (Wildman–Crippen MR) is 80.7 cm³/mol. The van der Waals surface area contributed by atoms with E-state index in [9.17, 15) is 13.2 Å². The molecule has 7 nitrogen and oxygen atoms in total. The van der Waals surface area contributed by atoms with Crippen molar-refractivity contribution in [3.8, 4) is 0 Å². The molecule has 1 fully saturated rings. The van der Waals surface area contributed by atoms with Gasteiger partial charge in [0, 0.05) is 44.6 Å². The number of sulfonamides is 1. The molecule has 1 aromatic rings. The predicted octanol–water partition coefficient (Wildman–Crippen LogP) is 0.231. The highest BCUT2D eigenvalue weighted by Gasteiger charge is 2.27. The topological polar surface area (TPSA) is 82.6 Å². The zero-order valence-corrected chi connectivity index (χ0v) is 13.1. The largest absolute Gasteiger partial charge is 0.385 e. The van der Waals surface area contributed by atoms with E-state index in [0.717, 1.165) is 12.2 Å². The van der Waals surface area contributed by atoms with E-state index in [4.69, 9.17) is 0 Å². The van der Waals surface area contributed by atoms with Gasteiger partial charge in [-0.15, -0.1) is 0 Å².